The van der Waals surface area contributed by atoms with Gasteiger partial charge in [-0.15, -0.1) is 0 Å². The van der Waals surface area contributed by atoms with Crippen molar-refractivity contribution in [2.45, 2.75) is 81.7 Å². The van der Waals surface area contributed by atoms with Crippen molar-refractivity contribution in [3.63, 3.8) is 0 Å². The van der Waals surface area contributed by atoms with Crippen molar-refractivity contribution < 1.29 is 19.1 Å². The maximum atomic E-state index is 14.3. The predicted molar refractivity (Wildman–Crippen MR) is 154 cm³/mol. The Kier molecular flexibility index (Phi) is 7.44. The van der Waals surface area contributed by atoms with E-state index in [1.165, 1.54) is 12.0 Å². The second-order valence-corrected chi connectivity index (χ2v) is 12.1. The highest BCUT2D eigenvalue weighted by molar-refractivity contribution is 6.30. The van der Waals surface area contributed by atoms with Gasteiger partial charge in [0.15, 0.2) is 0 Å². The highest BCUT2D eigenvalue weighted by Crippen LogP contribution is 2.56. The van der Waals surface area contributed by atoms with Crippen LogP contribution in [0.15, 0.2) is 66.7 Å². The second kappa shape index (κ2) is 11.0. The lowest BCUT2D eigenvalue weighted by Crippen LogP contribution is -2.58. The molecule has 2 N–H and O–H groups in total. The van der Waals surface area contributed by atoms with E-state index in [9.17, 15) is 14.4 Å². The van der Waals surface area contributed by atoms with Crippen molar-refractivity contribution in [3.8, 4) is 0 Å². The van der Waals surface area contributed by atoms with Crippen LogP contribution in [-0.4, -0.2) is 52.5 Å². The number of hydrogen-bond donors (Lipinski definition) is 2. The molecule has 3 fully saturated rings. The van der Waals surface area contributed by atoms with Gasteiger partial charge in [-0.05, 0) is 56.4 Å². The van der Waals surface area contributed by atoms with E-state index in [0.29, 0.717) is 17.1 Å². The number of benzene rings is 2. The van der Waals surface area contributed by atoms with Crippen molar-refractivity contribution >= 4 is 35.0 Å². The van der Waals surface area contributed by atoms with Gasteiger partial charge in [-0.25, -0.2) is 0 Å². The molecule has 2 aromatic rings. The van der Waals surface area contributed by atoms with E-state index in [1.54, 1.807) is 29.2 Å². The zero-order valence-corrected chi connectivity index (χ0v) is 23.5. The van der Waals surface area contributed by atoms with E-state index < -0.39 is 29.6 Å². The third-order valence-electron chi connectivity index (χ3n) is 9.08. The molecule has 6 rings (SSSR count). The summed E-state index contributed by atoms with van der Waals surface area (Å²) in [6.45, 7) is 2.00. The summed E-state index contributed by atoms with van der Waals surface area (Å²) in [4.78, 5) is 43.7. The first kappa shape index (κ1) is 27.0. The molecular weight excluding hydrogens is 526 g/mol. The van der Waals surface area contributed by atoms with Gasteiger partial charge in [0, 0.05) is 22.8 Å². The number of ether oxygens (including phenoxy) is 1. The highest BCUT2D eigenvalue weighted by atomic mass is 35.5. The lowest BCUT2D eigenvalue weighted by molar-refractivity contribution is -0.143. The topological polar surface area (TPSA) is 87.7 Å². The van der Waals surface area contributed by atoms with Gasteiger partial charge in [-0.3, -0.25) is 14.4 Å². The molecule has 3 amide bonds. The smallest absolute Gasteiger partial charge is 0.246 e. The maximum absolute atomic E-state index is 14.3. The Hall–Kier alpha value is -3.16. The molecular formula is C32H36ClN3O4. The summed E-state index contributed by atoms with van der Waals surface area (Å²) < 4.78 is 6.49. The quantitative estimate of drug-likeness (QED) is 0.449. The van der Waals surface area contributed by atoms with E-state index in [1.807, 2.05) is 37.3 Å². The van der Waals surface area contributed by atoms with E-state index in [4.69, 9.17) is 16.3 Å². The standard InChI is InChI=1S/C32H36ClN3O4/c1-20(15-16-21-9-4-2-5-10-21)36-28(30(38)34-23-12-6-3-7-13-23)32-18-17-25(40-32)26(27(32)31(36)39)29(37)35-24-14-8-11-22(33)19-24/h2,4-5,8-11,14,17-20,23,25-28H,3,6-7,12-13,15-16H2,1H3,(H,34,38)(H,35,37)/t20-,25+,26+,27+,28+,32+/m1/s1. The molecule has 3 aliphatic heterocycles. The Labute approximate surface area is 240 Å². The molecule has 2 bridgehead atoms. The summed E-state index contributed by atoms with van der Waals surface area (Å²) in [7, 11) is 0. The van der Waals surface area contributed by atoms with Crippen LogP contribution in [0.2, 0.25) is 5.02 Å². The number of carbonyl (C=O) groups is 3. The second-order valence-electron chi connectivity index (χ2n) is 11.7. The Morgan fingerprint density at radius 2 is 1.85 bits per heavy atom. The Balaban J connectivity index is 1.29. The third kappa shape index (κ3) is 4.83. The van der Waals surface area contributed by atoms with Crippen molar-refractivity contribution in [1.29, 1.82) is 0 Å². The normalized spacial score (nSPS) is 29.9. The summed E-state index contributed by atoms with van der Waals surface area (Å²) in [6, 6.07) is 16.1. The largest absolute Gasteiger partial charge is 0.359 e. The zero-order chi connectivity index (χ0) is 27.9. The van der Waals surface area contributed by atoms with E-state index in [-0.39, 0.29) is 29.8 Å². The molecule has 6 atom stereocenters. The minimum absolute atomic E-state index is 0.0952. The number of halogens is 1. The van der Waals surface area contributed by atoms with Crippen LogP contribution in [0.4, 0.5) is 5.69 Å². The number of fused-ring (bicyclic) bond motifs is 1. The van der Waals surface area contributed by atoms with Gasteiger partial charge in [-0.1, -0.05) is 79.4 Å². The molecule has 1 saturated carbocycles. The lowest BCUT2D eigenvalue weighted by atomic mass is 9.74. The van der Waals surface area contributed by atoms with Crippen LogP contribution in [0.1, 0.15) is 51.0 Å². The minimum atomic E-state index is -1.17. The Morgan fingerprint density at radius 1 is 1.07 bits per heavy atom. The molecule has 1 spiro atoms. The average molecular weight is 562 g/mol. The van der Waals surface area contributed by atoms with Crippen LogP contribution in [0, 0.1) is 11.8 Å². The Bertz CT molecular complexity index is 1310. The van der Waals surface area contributed by atoms with E-state index >= 15 is 0 Å². The molecule has 40 heavy (non-hydrogen) atoms. The molecule has 0 unspecified atom stereocenters. The fourth-order valence-corrected chi connectivity index (χ4v) is 7.35. The monoisotopic (exact) mass is 561 g/mol. The van der Waals surface area contributed by atoms with Gasteiger partial charge >= 0.3 is 0 Å². The average Bonchev–Trinajstić information content (AvgIpc) is 3.60. The van der Waals surface area contributed by atoms with Gasteiger partial charge in [0.1, 0.15) is 11.6 Å². The van der Waals surface area contributed by atoms with Crippen molar-refractivity contribution in [1.82, 2.24) is 10.2 Å². The summed E-state index contributed by atoms with van der Waals surface area (Å²) >= 11 is 6.13. The van der Waals surface area contributed by atoms with Crippen molar-refractivity contribution in [3.05, 3.63) is 77.3 Å². The number of aryl methyl sites for hydroxylation is 1. The highest BCUT2D eigenvalue weighted by Gasteiger charge is 2.73. The molecule has 210 valence electrons. The number of hydrogen-bond acceptors (Lipinski definition) is 4. The van der Waals surface area contributed by atoms with Crippen LogP contribution >= 0.6 is 11.6 Å². The maximum Gasteiger partial charge on any atom is 0.246 e. The van der Waals surface area contributed by atoms with Crippen LogP contribution in [0.3, 0.4) is 0 Å². The molecule has 0 radical (unpaired) electrons. The first-order valence-corrected chi connectivity index (χ1v) is 14.9. The molecule has 3 heterocycles. The molecule has 2 saturated heterocycles. The van der Waals surface area contributed by atoms with Crippen LogP contribution in [0.5, 0.6) is 0 Å². The van der Waals surface area contributed by atoms with Crippen molar-refractivity contribution in [2.75, 3.05) is 5.32 Å². The third-order valence-corrected chi connectivity index (χ3v) is 9.31. The van der Waals surface area contributed by atoms with Crippen LogP contribution in [0.25, 0.3) is 0 Å². The van der Waals surface area contributed by atoms with Gasteiger partial charge in [-0.2, -0.15) is 0 Å². The number of likely N-dealkylation sites (tertiary alicyclic amines) is 1. The van der Waals surface area contributed by atoms with Crippen molar-refractivity contribution in [2.24, 2.45) is 11.8 Å². The first-order chi connectivity index (χ1) is 19.4. The number of nitrogens with zero attached hydrogens (tertiary/aromatic N) is 1. The molecule has 8 heteroatoms. The molecule has 4 aliphatic rings. The molecule has 7 nitrogen and oxygen atoms in total. The molecule has 2 aromatic carbocycles. The zero-order valence-electron chi connectivity index (χ0n) is 22.7. The van der Waals surface area contributed by atoms with Gasteiger partial charge in [0.05, 0.1) is 17.9 Å². The van der Waals surface area contributed by atoms with E-state index in [2.05, 4.69) is 22.8 Å². The number of nitrogens with one attached hydrogen (secondary N) is 2. The molecule has 1 aliphatic carbocycles. The van der Waals surface area contributed by atoms with Crippen LogP contribution < -0.4 is 10.6 Å². The fraction of sp³-hybridized carbons (Fsp3) is 0.469. The summed E-state index contributed by atoms with van der Waals surface area (Å²) in [5.41, 5.74) is 0.569. The summed E-state index contributed by atoms with van der Waals surface area (Å²) in [5.74, 6) is -2.20. The fourth-order valence-electron chi connectivity index (χ4n) is 7.16. The van der Waals surface area contributed by atoms with E-state index in [0.717, 1.165) is 32.1 Å². The summed E-state index contributed by atoms with van der Waals surface area (Å²) in [5, 5.41) is 6.70. The van der Waals surface area contributed by atoms with Gasteiger partial charge < -0.3 is 20.3 Å². The molecule has 0 aromatic heterocycles. The number of carbonyl (C=O) groups excluding carboxylic acids is 3. The predicted octanol–water partition coefficient (Wildman–Crippen LogP) is 4.90. The lowest BCUT2D eigenvalue weighted by Gasteiger charge is -2.36. The first-order valence-electron chi connectivity index (χ1n) is 14.5. The number of anilines is 1. The summed E-state index contributed by atoms with van der Waals surface area (Å²) in [6.07, 6.45) is 9.86. The number of rotatable bonds is 8. The van der Waals surface area contributed by atoms with Gasteiger partial charge in [0.2, 0.25) is 17.7 Å². The Morgan fingerprint density at radius 3 is 2.60 bits per heavy atom. The van der Waals surface area contributed by atoms with Crippen LogP contribution in [-0.2, 0) is 25.5 Å². The van der Waals surface area contributed by atoms with Gasteiger partial charge in [0.25, 0.3) is 0 Å². The minimum Gasteiger partial charge on any atom is -0.359 e. The SMILES string of the molecule is C[C@H](CCc1ccccc1)N1C(=O)[C@@H]2[C@@H](C(=O)Nc3cccc(Cl)c3)[C@@H]3C=C[C@@]2(O3)[C@@H]1C(=O)NC1CCCCC1. The number of amides is 3.